The Morgan fingerprint density at radius 2 is 1.88 bits per heavy atom. The third-order valence-electron chi connectivity index (χ3n) is 6.26. The van der Waals surface area contributed by atoms with Gasteiger partial charge in [-0.1, -0.05) is 0 Å². The maximum absolute atomic E-state index is 14.1. The van der Waals surface area contributed by atoms with E-state index in [4.69, 9.17) is 4.74 Å². The number of rotatable bonds is 10. The van der Waals surface area contributed by atoms with Crippen LogP contribution in [0.2, 0.25) is 0 Å². The lowest BCUT2D eigenvalue weighted by atomic mass is 10.1. The SMILES string of the molecule is Cc1cn(-c2cc(Nc3ccc(/C=N/Nc4ncc(F)c(NCCN5CCOCC5)n4)nc3)cc(C(F)(F)F)c2)cn1. The zero-order chi connectivity index (χ0) is 29.5. The zero-order valence-electron chi connectivity index (χ0n) is 22.6. The summed E-state index contributed by atoms with van der Waals surface area (Å²) in [6.45, 7) is 6.02. The van der Waals surface area contributed by atoms with Crippen molar-refractivity contribution in [2.75, 3.05) is 55.5 Å². The lowest BCUT2D eigenvalue weighted by Gasteiger charge is -2.26. The van der Waals surface area contributed by atoms with Gasteiger partial charge in [0, 0.05) is 43.8 Å². The van der Waals surface area contributed by atoms with Crippen LogP contribution in [0.25, 0.3) is 5.69 Å². The number of alkyl halides is 3. The number of anilines is 4. The molecule has 15 heteroatoms. The van der Waals surface area contributed by atoms with Crippen LogP contribution >= 0.6 is 0 Å². The molecule has 1 saturated heterocycles. The number of nitrogens with zero attached hydrogens (tertiary/aromatic N) is 7. The van der Waals surface area contributed by atoms with Crippen LogP contribution < -0.4 is 16.1 Å². The summed E-state index contributed by atoms with van der Waals surface area (Å²) >= 11 is 0. The molecule has 1 aromatic carbocycles. The molecule has 3 aromatic heterocycles. The van der Waals surface area contributed by atoms with E-state index in [1.807, 2.05) is 0 Å². The van der Waals surface area contributed by atoms with Gasteiger partial charge in [-0.25, -0.2) is 19.8 Å². The molecule has 0 bridgehead atoms. The fourth-order valence-corrected chi connectivity index (χ4v) is 4.14. The summed E-state index contributed by atoms with van der Waals surface area (Å²) in [5.74, 6) is -0.428. The molecule has 0 amide bonds. The fraction of sp³-hybridized carbons (Fsp3) is 0.296. The average Bonchev–Trinajstić information content (AvgIpc) is 3.42. The largest absolute Gasteiger partial charge is 0.416 e. The van der Waals surface area contributed by atoms with E-state index in [1.165, 1.54) is 23.3 Å². The Hall–Kier alpha value is -4.63. The van der Waals surface area contributed by atoms with Crippen molar-refractivity contribution in [1.82, 2.24) is 29.4 Å². The predicted molar refractivity (Wildman–Crippen MR) is 150 cm³/mol. The van der Waals surface area contributed by atoms with Crippen molar-refractivity contribution in [1.29, 1.82) is 0 Å². The van der Waals surface area contributed by atoms with Crippen LogP contribution in [0.15, 0.2) is 60.4 Å². The quantitative estimate of drug-likeness (QED) is 0.141. The third kappa shape index (κ3) is 7.76. The van der Waals surface area contributed by atoms with Crippen molar-refractivity contribution in [3.05, 3.63) is 78.0 Å². The van der Waals surface area contributed by atoms with E-state index < -0.39 is 17.6 Å². The van der Waals surface area contributed by atoms with Gasteiger partial charge in [0.2, 0.25) is 5.95 Å². The molecule has 5 rings (SSSR count). The van der Waals surface area contributed by atoms with E-state index in [-0.39, 0.29) is 17.5 Å². The minimum atomic E-state index is -4.53. The van der Waals surface area contributed by atoms with E-state index >= 15 is 0 Å². The van der Waals surface area contributed by atoms with E-state index in [0.717, 1.165) is 38.0 Å². The highest BCUT2D eigenvalue weighted by Gasteiger charge is 2.31. The Bertz CT molecular complexity index is 1520. The molecule has 4 aromatic rings. The predicted octanol–water partition coefficient (Wildman–Crippen LogP) is 4.46. The van der Waals surface area contributed by atoms with Crippen LogP contribution in [0, 0.1) is 12.7 Å². The number of aryl methyl sites for hydroxylation is 1. The van der Waals surface area contributed by atoms with Gasteiger partial charge in [-0.05, 0) is 37.3 Å². The lowest BCUT2D eigenvalue weighted by Crippen LogP contribution is -2.39. The van der Waals surface area contributed by atoms with Gasteiger partial charge in [0.1, 0.15) is 0 Å². The Morgan fingerprint density at radius 3 is 2.60 bits per heavy atom. The normalized spacial score (nSPS) is 14.3. The van der Waals surface area contributed by atoms with Crippen LogP contribution in [0.5, 0.6) is 0 Å². The standard InChI is InChI=1S/C27H28F4N10O/c1-18-16-41(17-35-18)23-11-19(27(29,30)31)10-22(12-23)37-21-3-2-20(33-13-21)14-36-39-26-34-15-24(28)25(38-26)32-4-5-40-6-8-42-9-7-40/h2-3,10-17,37H,4-9H2,1H3,(H2,32,34,38,39)/b36-14+. The second-order valence-corrected chi connectivity index (χ2v) is 9.43. The topological polar surface area (TPSA) is 117 Å². The van der Waals surface area contributed by atoms with Gasteiger partial charge < -0.3 is 19.9 Å². The van der Waals surface area contributed by atoms with Gasteiger partial charge in [0.25, 0.3) is 0 Å². The number of benzene rings is 1. The number of morpholine rings is 1. The maximum Gasteiger partial charge on any atom is 0.416 e. The van der Waals surface area contributed by atoms with Crippen LogP contribution in [0.3, 0.4) is 0 Å². The van der Waals surface area contributed by atoms with Gasteiger partial charge in [-0.2, -0.15) is 23.3 Å². The first-order valence-electron chi connectivity index (χ1n) is 13.0. The second kappa shape index (κ2) is 12.9. The van der Waals surface area contributed by atoms with Gasteiger partial charge in [0.05, 0.1) is 60.8 Å². The summed E-state index contributed by atoms with van der Waals surface area (Å²) in [4.78, 5) is 18.6. The molecule has 0 unspecified atom stereocenters. The molecule has 0 saturated carbocycles. The van der Waals surface area contributed by atoms with Gasteiger partial charge in [-0.3, -0.25) is 9.88 Å². The summed E-state index contributed by atoms with van der Waals surface area (Å²) in [5, 5.41) is 9.98. The van der Waals surface area contributed by atoms with Crippen molar-refractivity contribution < 1.29 is 22.3 Å². The Balaban J connectivity index is 1.19. The van der Waals surface area contributed by atoms with Gasteiger partial charge in [0.15, 0.2) is 11.6 Å². The highest BCUT2D eigenvalue weighted by molar-refractivity contribution is 5.78. The fourth-order valence-electron chi connectivity index (χ4n) is 4.14. The van der Waals surface area contributed by atoms with E-state index in [9.17, 15) is 17.6 Å². The number of hydrazone groups is 1. The highest BCUT2D eigenvalue weighted by atomic mass is 19.4. The number of hydrogen-bond donors (Lipinski definition) is 3. The Morgan fingerprint density at radius 1 is 1.05 bits per heavy atom. The molecule has 3 N–H and O–H groups in total. The van der Waals surface area contributed by atoms with E-state index in [1.54, 1.807) is 31.3 Å². The molecular weight excluding hydrogens is 556 g/mol. The number of hydrogen-bond acceptors (Lipinski definition) is 10. The number of halogens is 4. The first-order chi connectivity index (χ1) is 20.2. The first-order valence-corrected chi connectivity index (χ1v) is 13.0. The van der Waals surface area contributed by atoms with Crippen molar-refractivity contribution >= 4 is 29.4 Å². The number of aromatic nitrogens is 5. The molecule has 42 heavy (non-hydrogen) atoms. The number of ether oxygens (including phenoxy) is 1. The van der Waals surface area contributed by atoms with Crippen LogP contribution in [-0.2, 0) is 10.9 Å². The van der Waals surface area contributed by atoms with Crippen molar-refractivity contribution in [2.45, 2.75) is 13.1 Å². The monoisotopic (exact) mass is 584 g/mol. The van der Waals surface area contributed by atoms with Crippen LogP contribution in [0.4, 0.5) is 40.7 Å². The zero-order valence-corrected chi connectivity index (χ0v) is 22.6. The summed E-state index contributed by atoms with van der Waals surface area (Å²) in [6.07, 6.45) is 2.50. The van der Waals surface area contributed by atoms with Crippen molar-refractivity contribution in [3.8, 4) is 5.69 Å². The van der Waals surface area contributed by atoms with E-state index in [2.05, 4.69) is 46.0 Å². The molecule has 4 heterocycles. The molecule has 0 radical (unpaired) electrons. The molecule has 1 fully saturated rings. The summed E-state index contributed by atoms with van der Waals surface area (Å²) in [7, 11) is 0. The minimum absolute atomic E-state index is 0.0606. The molecule has 0 spiro atoms. The lowest BCUT2D eigenvalue weighted by molar-refractivity contribution is -0.137. The molecule has 0 aliphatic carbocycles. The Labute approximate surface area is 238 Å². The Kier molecular flexibility index (Phi) is 8.88. The number of imidazole rings is 1. The molecule has 11 nitrogen and oxygen atoms in total. The molecule has 220 valence electrons. The van der Waals surface area contributed by atoms with Gasteiger partial charge >= 0.3 is 6.18 Å². The highest BCUT2D eigenvalue weighted by Crippen LogP contribution is 2.33. The molecule has 1 aliphatic rings. The van der Waals surface area contributed by atoms with Crippen molar-refractivity contribution in [2.24, 2.45) is 5.10 Å². The number of pyridine rings is 1. The minimum Gasteiger partial charge on any atom is -0.379 e. The first kappa shape index (κ1) is 28.9. The van der Waals surface area contributed by atoms with E-state index in [0.29, 0.717) is 42.5 Å². The number of nitrogens with one attached hydrogen (secondary N) is 3. The average molecular weight is 585 g/mol. The maximum atomic E-state index is 14.1. The van der Waals surface area contributed by atoms with Crippen LogP contribution in [0.1, 0.15) is 17.0 Å². The smallest absolute Gasteiger partial charge is 0.379 e. The van der Waals surface area contributed by atoms with Crippen LogP contribution in [-0.4, -0.2) is 75.0 Å². The molecule has 0 atom stereocenters. The summed E-state index contributed by atoms with van der Waals surface area (Å²) in [5.41, 5.74) is 4.01. The summed E-state index contributed by atoms with van der Waals surface area (Å²) < 4.78 is 61.6. The second-order valence-electron chi connectivity index (χ2n) is 9.43. The molecular formula is C27H28F4N10O. The third-order valence-corrected chi connectivity index (χ3v) is 6.26. The summed E-state index contributed by atoms with van der Waals surface area (Å²) in [6, 6.07) is 6.96. The molecule has 1 aliphatic heterocycles. The van der Waals surface area contributed by atoms with Crippen molar-refractivity contribution in [3.63, 3.8) is 0 Å². The van der Waals surface area contributed by atoms with Gasteiger partial charge in [-0.15, -0.1) is 0 Å².